The average molecular weight is 560 g/mol. The largest absolute Gasteiger partial charge is 0.378 e. The van der Waals surface area contributed by atoms with Crippen LogP contribution in [0.4, 0.5) is 17.2 Å². The Hall–Kier alpha value is -5.35. The van der Waals surface area contributed by atoms with Gasteiger partial charge >= 0.3 is 0 Å². The number of rotatable bonds is 7. The number of anilines is 3. The zero-order valence-corrected chi connectivity index (χ0v) is 23.0. The normalized spacial score (nSPS) is 13.4. The molecule has 10 nitrogen and oxygen atoms in total. The van der Waals surface area contributed by atoms with E-state index in [1.807, 2.05) is 78.3 Å². The van der Waals surface area contributed by atoms with Gasteiger partial charge in [0.25, 0.3) is 5.91 Å². The molecule has 0 saturated carbocycles. The molecule has 2 N–H and O–H groups in total. The number of carbonyl (C=O) groups is 2. The number of carbonyl (C=O) groups excluding carboxylic acids is 2. The topological polar surface area (TPSA) is 114 Å². The van der Waals surface area contributed by atoms with E-state index >= 15 is 0 Å². The van der Waals surface area contributed by atoms with E-state index in [0.717, 1.165) is 22.4 Å². The molecule has 0 unspecified atom stereocenters. The van der Waals surface area contributed by atoms with Crippen molar-refractivity contribution in [1.29, 1.82) is 0 Å². The van der Waals surface area contributed by atoms with Crippen LogP contribution in [-0.2, 0) is 9.53 Å². The Morgan fingerprint density at radius 1 is 1.00 bits per heavy atom. The number of hydrogen-bond acceptors (Lipinski definition) is 7. The SMILES string of the molecule is Cc1c(NC(=O)C=Cc2cccnc2)cccc1-c1cn2ccnc2c(Nc2ccc(C(=O)N3CCOCC3)cc2)n1. The fourth-order valence-electron chi connectivity index (χ4n) is 4.80. The van der Waals surface area contributed by atoms with Crippen LogP contribution in [0.15, 0.2) is 91.7 Å². The zero-order valence-electron chi connectivity index (χ0n) is 23.0. The maximum atomic E-state index is 12.8. The first-order valence-electron chi connectivity index (χ1n) is 13.6. The quantitative estimate of drug-likeness (QED) is 0.271. The van der Waals surface area contributed by atoms with Crippen LogP contribution in [0, 0.1) is 6.92 Å². The number of fused-ring (bicyclic) bond motifs is 1. The summed E-state index contributed by atoms with van der Waals surface area (Å²) in [5.74, 6) is 0.323. The second kappa shape index (κ2) is 12.0. The van der Waals surface area contributed by atoms with Crippen molar-refractivity contribution in [2.45, 2.75) is 6.92 Å². The monoisotopic (exact) mass is 559 g/mol. The molecule has 1 fully saturated rings. The van der Waals surface area contributed by atoms with Crippen molar-refractivity contribution in [1.82, 2.24) is 24.3 Å². The molecule has 2 amide bonds. The number of imidazole rings is 1. The van der Waals surface area contributed by atoms with Gasteiger partial charge in [-0.1, -0.05) is 18.2 Å². The number of morpholine rings is 1. The molecule has 0 atom stereocenters. The Labute approximate surface area is 242 Å². The van der Waals surface area contributed by atoms with Crippen LogP contribution in [0.2, 0.25) is 0 Å². The van der Waals surface area contributed by atoms with Crippen molar-refractivity contribution in [3.63, 3.8) is 0 Å². The molecule has 210 valence electrons. The number of nitrogens with zero attached hydrogens (tertiary/aromatic N) is 5. The van der Waals surface area contributed by atoms with Crippen LogP contribution < -0.4 is 10.6 Å². The lowest BCUT2D eigenvalue weighted by atomic mass is 10.0. The summed E-state index contributed by atoms with van der Waals surface area (Å²) in [7, 11) is 0. The molecule has 0 bridgehead atoms. The number of aromatic nitrogens is 4. The first kappa shape index (κ1) is 26.9. The predicted octanol–water partition coefficient (Wildman–Crippen LogP) is 4.97. The van der Waals surface area contributed by atoms with Gasteiger partial charge in [-0.05, 0) is 60.5 Å². The Balaban J connectivity index is 1.23. The third-order valence-corrected chi connectivity index (χ3v) is 7.05. The molecular formula is C32H29N7O3. The fourth-order valence-corrected chi connectivity index (χ4v) is 4.80. The first-order chi connectivity index (χ1) is 20.5. The van der Waals surface area contributed by atoms with Gasteiger partial charge in [0.2, 0.25) is 5.91 Å². The molecule has 4 heterocycles. The van der Waals surface area contributed by atoms with Gasteiger partial charge in [0.05, 0.1) is 18.9 Å². The molecule has 2 aromatic carbocycles. The van der Waals surface area contributed by atoms with E-state index < -0.39 is 0 Å². The molecule has 0 spiro atoms. The summed E-state index contributed by atoms with van der Waals surface area (Å²) in [6.07, 6.45) is 12.1. The second-order valence-electron chi connectivity index (χ2n) is 9.83. The number of pyridine rings is 1. The van der Waals surface area contributed by atoms with Gasteiger partial charge in [-0.2, -0.15) is 0 Å². The summed E-state index contributed by atoms with van der Waals surface area (Å²) < 4.78 is 7.26. The minimum atomic E-state index is -0.241. The van der Waals surface area contributed by atoms with E-state index in [9.17, 15) is 9.59 Å². The minimum absolute atomic E-state index is 0.00404. The van der Waals surface area contributed by atoms with Gasteiger partial charge in [-0.15, -0.1) is 0 Å². The van der Waals surface area contributed by atoms with E-state index in [1.165, 1.54) is 6.08 Å². The molecule has 1 saturated heterocycles. The van der Waals surface area contributed by atoms with Crippen molar-refractivity contribution < 1.29 is 14.3 Å². The third kappa shape index (κ3) is 5.89. The highest BCUT2D eigenvalue weighted by Gasteiger charge is 2.19. The fraction of sp³-hybridized carbons (Fsp3) is 0.156. The summed E-state index contributed by atoms with van der Waals surface area (Å²) in [5, 5.41) is 6.33. The molecule has 0 aliphatic carbocycles. The predicted molar refractivity (Wildman–Crippen MR) is 162 cm³/mol. The number of nitrogens with one attached hydrogen (secondary N) is 2. The molecular weight excluding hydrogens is 530 g/mol. The van der Waals surface area contributed by atoms with Gasteiger partial charge in [0.15, 0.2) is 11.5 Å². The Morgan fingerprint density at radius 3 is 2.62 bits per heavy atom. The Morgan fingerprint density at radius 2 is 1.83 bits per heavy atom. The van der Waals surface area contributed by atoms with Crippen LogP contribution in [0.5, 0.6) is 0 Å². The van der Waals surface area contributed by atoms with E-state index in [2.05, 4.69) is 20.6 Å². The van der Waals surface area contributed by atoms with Crippen molar-refractivity contribution in [2.75, 3.05) is 36.9 Å². The molecule has 6 rings (SSSR count). The minimum Gasteiger partial charge on any atom is -0.378 e. The number of hydrogen-bond donors (Lipinski definition) is 2. The third-order valence-electron chi connectivity index (χ3n) is 7.05. The van der Waals surface area contributed by atoms with E-state index in [0.29, 0.717) is 54.7 Å². The summed E-state index contributed by atoms with van der Waals surface area (Å²) in [6.45, 7) is 4.27. The summed E-state index contributed by atoms with van der Waals surface area (Å²) in [6, 6.07) is 16.8. The first-order valence-corrected chi connectivity index (χ1v) is 13.6. The van der Waals surface area contributed by atoms with Crippen LogP contribution in [0.25, 0.3) is 23.0 Å². The molecule has 1 aliphatic rings. The Bertz CT molecular complexity index is 1760. The van der Waals surface area contributed by atoms with E-state index in [1.54, 1.807) is 29.6 Å². The standard InChI is InChI=1S/C32H29N7O3/c1-22-26(5-2-6-27(22)36-29(40)12-7-23-4-3-13-33-20-23)28-21-39-15-14-34-31(39)30(37-28)35-25-10-8-24(9-11-25)32(41)38-16-18-42-19-17-38/h2-15,20-21H,16-19H2,1H3,(H,35,37)(H,36,40). The van der Waals surface area contributed by atoms with Crippen molar-refractivity contribution >= 4 is 40.7 Å². The van der Waals surface area contributed by atoms with Gasteiger partial charge in [0.1, 0.15) is 0 Å². The maximum absolute atomic E-state index is 12.8. The van der Waals surface area contributed by atoms with Gasteiger partial charge in [-0.25, -0.2) is 9.97 Å². The van der Waals surface area contributed by atoms with E-state index in [-0.39, 0.29) is 11.8 Å². The number of amides is 2. The second-order valence-corrected chi connectivity index (χ2v) is 9.83. The lowest BCUT2D eigenvalue weighted by Crippen LogP contribution is -2.40. The van der Waals surface area contributed by atoms with E-state index in [4.69, 9.17) is 9.72 Å². The van der Waals surface area contributed by atoms with Crippen LogP contribution in [0.3, 0.4) is 0 Å². The van der Waals surface area contributed by atoms with Gasteiger partial charge in [0, 0.05) is 72.7 Å². The highest BCUT2D eigenvalue weighted by Crippen LogP contribution is 2.30. The molecule has 10 heteroatoms. The smallest absolute Gasteiger partial charge is 0.254 e. The lowest BCUT2D eigenvalue weighted by Gasteiger charge is -2.26. The van der Waals surface area contributed by atoms with Gasteiger partial charge < -0.3 is 24.7 Å². The van der Waals surface area contributed by atoms with Crippen molar-refractivity contribution in [3.8, 4) is 11.3 Å². The zero-order chi connectivity index (χ0) is 28.9. The molecule has 0 radical (unpaired) electrons. The van der Waals surface area contributed by atoms with Crippen LogP contribution in [-0.4, -0.2) is 62.4 Å². The van der Waals surface area contributed by atoms with Crippen molar-refractivity contribution in [3.05, 3.63) is 108 Å². The van der Waals surface area contributed by atoms with Crippen molar-refractivity contribution in [2.24, 2.45) is 0 Å². The highest BCUT2D eigenvalue weighted by molar-refractivity contribution is 6.02. The maximum Gasteiger partial charge on any atom is 0.254 e. The summed E-state index contributed by atoms with van der Waals surface area (Å²) >= 11 is 0. The molecule has 1 aliphatic heterocycles. The average Bonchev–Trinajstić information content (AvgIpc) is 3.51. The summed E-state index contributed by atoms with van der Waals surface area (Å²) in [5.41, 5.74) is 6.06. The van der Waals surface area contributed by atoms with Crippen LogP contribution >= 0.6 is 0 Å². The highest BCUT2D eigenvalue weighted by atomic mass is 16.5. The van der Waals surface area contributed by atoms with Crippen LogP contribution in [0.1, 0.15) is 21.5 Å². The number of ether oxygens (including phenoxy) is 1. The Kier molecular flexibility index (Phi) is 7.69. The lowest BCUT2D eigenvalue weighted by molar-refractivity contribution is -0.111. The molecule has 5 aromatic rings. The van der Waals surface area contributed by atoms with Gasteiger partial charge in [-0.3, -0.25) is 14.6 Å². The molecule has 3 aromatic heterocycles. The summed E-state index contributed by atoms with van der Waals surface area (Å²) in [4.78, 5) is 40.7. The number of benzene rings is 2. The molecule has 42 heavy (non-hydrogen) atoms.